The summed E-state index contributed by atoms with van der Waals surface area (Å²) >= 11 is 0. The average Bonchev–Trinajstić information content (AvgIpc) is 2.65. The molecule has 1 heterocycles. The molecule has 0 aliphatic carbocycles. The molecule has 4 heteroatoms. The standard InChI is InChI=1S/C10H13N3O/c1-2-5-10(14)11-6-3-8-13-9-4-7-12-13/h4,7,9H,3,6,8H2,1H3,(H,11,14). The Hall–Kier alpha value is -1.76. The largest absolute Gasteiger partial charge is 0.345 e. The number of carbonyl (C=O) groups excluding carboxylic acids is 1. The van der Waals surface area contributed by atoms with Crippen LogP contribution in [0.15, 0.2) is 18.5 Å². The van der Waals surface area contributed by atoms with Crippen LogP contribution in [0.5, 0.6) is 0 Å². The zero-order valence-electron chi connectivity index (χ0n) is 8.16. The van der Waals surface area contributed by atoms with Crippen LogP contribution >= 0.6 is 0 Å². The van der Waals surface area contributed by atoms with Gasteiger partial charge < -0.3 is 5.32 Å². The second kappa shape index (κ2) is 5.81. The number of rotatable bonds is 4. The average molecular weight is 191 g/mol. The molecule has 0 spiro atoms. The zero-order valence-corrected chi connectivity index (χ0v) is 8.16. The van der Waals surface area contributed by atoms with E-state index in [1.165, 1.54) is 0 Å². The lowest BCUT2D eigenvalue weighted by Crippen LogP contribution is -2.23. The predicted molar refractivity (Wildman–Crippen MR) is 53.3 cm³/mol. The zero-order chi connectivity index (χ0) is 10.2. The minimum atomic E-state index is -0.215. The van der Waals surface area contributed by atoms with Crippen molar-refractivity contribution < 1.29 is 4.79 Å². The van der Waals surface area contributed by atoms with Gasteiger partial charge in [0.15, 0.2) is 0 Å². The maximum atomic E-state index is 10.9. The van der Waals surface area contributed by atoms with E-state index in [0.717, 1.165) is 13.0 Å². The summed E-state index contributed by atoms with van der Waals surface area (Å²) in [7, 11) is 0. The first kappa shape index (κ1) is 10.3. The van der Waals surface area contributed by atoms with Crippen molar-refractivity contribution in [2.45, 2.75) is 19.9 Å². The van der Waals surface area contributed by atoms with Crippen LogP contribution < -0.4 is 5.32 Å². The van der Waals surface area contributed by atoms with Gasteiger partial charge in [-0.3, -0.25) is 9.48 Å². The summed E-state index contributed by atoms with van der Waals surface area (Å²) in [6.07, 6.45) is 4.49. The molecular weight excluding hydrogens is 178 g/mol. The number of amides is 1. The van der Waals surface area contributed by atoms with Crippen molar-refractivity contribution in [1.82, 2.24) is 15.1 Å². The third-order valence-corrected chi connectivity index (χ3v) is 1.65. The van der Waals surface area contributed by atoms with Crippen LogP contribution in [0.25, 0.3) is 0 Å². The lowest BCUT2D eigenvalue weighted by molar-refractivity contribution is -0.115. The number of nitrogens with zero attached hydrogens (tertiary/aromatic N) is 2. The van der Waals surface area contributed by atoms with Gasteiger partial charge in [-0.15, -0.1) is 0 Å². The van der Waals surface area contributed by atoms with E-state index < -0.39 is 0 Å². The maximum Gasteiger partial charge on any atom is 0.295 e. The lowest BCUT2D eigenvalue weighted by atomic mass is 10.4. The molecule has 0 aliphatic heterocycles. The fraction of sp³-hybridized carbons (Fsp3) is 0.400. The Labute approximate surface area is 83.3 Å². The predicted octanol–water partition coefficient (Wildman–Crippen LogP) is 0.413. The molecule has 0 saturated carbocycles. The van der Waals surface area contributed by atoms with E-state index in [1.54, 1.807) is 13.1 Å². The Morgan fingerprint density at radius 3 is 3.14 bits per heavy atom. The number of aromatic nitrogens is 2. The Morgan fingerprint density at radius 1 is 1.64 bits per heavy atom. The molecule has 1 N–H and O–H groups in total. The topological polar surface area (TPSA) is 46.9 Å². The van der Waals surface area contributed by atoms with E-state index in [2.05, 4.69) is 22.3 Å². The highest BCUT2D eigenvalue weighted by atomic mass is 16.1. The molecule has 0 unspecified atom stereocenters. The number of nitrogens with one attached hydrogen (secondary N) is 1. The lowest BCUT2D eigenvalue weighted by Gasteiger charge is -2.01. The molecule has 0 atom stereocenters. The fourth-order valence-electron chi connectivity index (χ4n) is 1.03. The first-order valence-electron chi connectivity index (χ1n) is 4.51. The molecule has 14 heavy (non-hydrogen) atoms. The summed E-state index contributed by atoms with van der Waals surface area (Å²) in [6.45, 7) is 3.09. The van der Waals surface area contributed by atoms with E-state index in [0.29, 0.717) is 6.54 Å². The summed E-state index contributed by atoms with van der Waals surface area (Å²) < 4.78 is 1.83. The number of carbonyl (C=O) groups is 1. The van der Waals surface area contributed by atoms with Gasteiger partial charge in [0.05, 0.1) is 0 Å². The van der Waals surface area contributed by atoms with E-state index in [1.807, 2.05) is 16.9 Å². The smallest absolute Gasteiger partial charge is 0.295 e. The molecule has 0 aromatic carbocycles. The van der Waals surface area contributed by atoms with Crippen molar-refractivity contribution in [1.29, 1.82) is 0 Å². The minimum Gasteiger partial charge on any atom is -0.345 e. The van der Waals surface area contributed by atoms with E-state index >= 15 is 0 Å². The second-order valence-electron chi connectivity index (χ2n) is 2.75. The third-order valence-electron chi connectivity index (χ3n) is 1.65. The first-order chi connectivity index (χ1) is 6.83. The SMILES string of the molecule is CC#CC(=O)NCCCn1cccn1. The Kier molecular flexibility index (Phi) is 4.29. The fourth-order valence-corrected chi connectivity index (χ4v) is 1.03. The molecule has 0 radical (unpaired) electrons. The highest BCUT2D eigenvalue weighted by Gasteiger charge is 1.94. The summed E-state index contributed by atoms with van der Waals surface area (Å²) in [5, 5.41) is 6.74. The second-order valence-corrected chi connectivity index (χ2v) is 2.75. The van der Waals surface area contributed by atoms with E-state index in [-0.39, 0.29) is 5.91 Å². The number of hydrogen-bond acceptors (Lipinski definition) is 2. The number of aryl methyl sites for hydroxylation is 1. The van der Waals surface area contributed by atoms with Gasteiger partial charge in [-0.25, -0.2) is 0 Å². The van der Waals surface area contributed by atoms with Gasteiger partial charge in [0.2, 0.25) is 0 Å². The van der Waals surface area contributed by atoms with Gasteiger partial charge in [0, 0.05) is 25.5 Å². The Bertz CT molecular complexity index is 332. The van der Waals surface area contributed by atoms with Crippen molar-refractivity contribution >= 4 is 5.91 Å². The van der Waals surface area contributed by atoms with Crippen LogP contribution in [0, 0.1) is 11.8 Å². The van der Waals surface area contributed by atoms with Gasteiger partial charge >= 0.3 is 0 Å². The highest BCUT2D eigenvalue weighted by Crippen LogP contribution is 1.87. The first-order valence-corrected chi connectivity index (χ1v) is 4.51. The van der Waals surface area contributed by atoms with Gasteiger partial charge in [-0.05, 0) is 25.3 Å². The van der Waals surface area contributed by atoms with Gasteiger partial charge in [0.25, 0.3) is 5.91 Å². The molecule has 0 saturated heterocycles. The Morgan fingerprint density at radius 2 is 2.50 bits per heavy atom. The van der Waals surface area contributed by atoms with Crippen LogP contribution in [-0.2, 0) is 11.3 Å². The monoisotopic (exact) mass is 191 g/mol. The molecule has 74 valence electrons. The molecule has 0 bridgehead atoms. The van der Waals surface area contributed by atoms with Crippen molar-refractivity contribution in [3.05, 3.63) is 18.5 Å². The molecule has 0 aliphatic rings. The molecular formula is C10H13N3O. The Balaban J connectivity index is 2.10. The van der Waals surface area contributed by atoms with Crippen molar-refractivity contribution in [3.8, 4) is 11.8 Å². The molecule has 1 aromatic heterocycles. The van der Waals surface area contributed by atoms with Crippen LogP contribution in [0.3, 0.4) is 0 Å². The molecule has 0 fully saturated rings. The minimum absolute atomic E-state index is 0.215. The summed E-state index contributed by atoms with van der Waals surface area (Å²) in [6, 6.07) is 1.88. The van der Waals surface area contributed by atoms with Crippen molar-refractivity contribution in [2.75, 3.05) is 6.54 Å². The quantitative estimate of drug-likeness (QED) is 0.553. The molecule has 1 amide bonds. The van der Waals surface area contributed by atoms with Crippen molar-refractivity contribution in [2.24, 2.45) is 0 Å². The van der Waals surface area contributed by atoms with Crippen LogP contribution in [0.1, 0.15) is 13.3 Å². The maximum absolute atomic E-state index is 10.9. The molecule has 1 rings (SSSR count). The third kappa shape index (κ3) is 3.76. The van der Waals surface area contributed by atoms with Crippen molar-refractivity contribution in [3.63, 3.8) is 0 Å². The van der Waals surface area contributed by atoms with Gasteiger partial charge in [0.1, 0.15) is 0 Å². The van der Waals surface area contributed by atoms with Crippen LogP contribution in [0.2, 0.25) is 0 Å². The van der Waals surface area contributed by atoms with E-state index in [4.69, 9.17) is 0 Å². The molecule has 4 nitrogen and oxygen atoms in total. The van der Waals surface area contributed by atoms with Gasteiger partial charge in [-0.1, -0.05) is 5.92 Å². The molecule has 1 aromatic rings. The van der Waals surface area contributed by atoms with Crippen LogP contribution in [-0.4, -0.2) is 22.2 Å². The van der Waals surface area contributed by atoms with Crippen LogP contribution in [0.4, 0.5) is 0 Å². The summed E-state index contributed by atoms with van der Waals surface area (Å²) in [5.41, 5.74) is 0. The normalized spacial score (nSPS) is 8.93. The van der Waals surface area contributed by atoms with E-state index in [9.17, 15) is 4.79 Å². The number of hydrogen-bond donors (Lipinski definition) is 1. The van der Waals surface area contributed by atoms with Gasteiger partial charge in [-0.2, -0.15) is 5.10 Å². The summed E-state index contributed by atoms with van der Waals surface area (Å²) in [5.74, 6) is 4.74. The highest BCUT2D eigenvalue weighted by molar-refractivity contribution is 5.93. The summed E-state index contributed by atoms with van der Waals surface area (Å²) in [4.78, 5) is 10.9.